The van der Waals surface area contributed by atoms with Crippen LogP contribution in [0.4, 0.5) is 16.4 Å². The summed E-state index contributed by atoms with van der Waals surface area (Å²) in [6.07, 6.45) is 6.15. The fourth-order valence-electron chi connectivity index (χ4n) is 3.48. The van der Waals surface area contributed by atoms with E-state index in [1.54, 1.807) is 31.5 Å². The Bertz CT molecular complexity index is 1140. The monoisotopic (exact) mass is 457 g/mol. The van der Waals surface area contributed by atoms with Crippen LogP contribution in [0.3, 0.4) is 0 Å². The van der Waals surface area contributed by atoms with Crippen LogP contribution >= 0.6 is 0 Å². The van der Waals surface area contributed by atoms with E-state index in [-0.39, 0.29) is 12.1 Å². The molecule has 0 aliphatic carbocycles. The number of hydrogen-bond acceptors (Lipinski definition) is 5. The smallest absolute Gasteiger partial charge is 0.320 e. The molecule has 0 fully saturated rings. The minimum Gasteiger partial charge on any atom is -0.481 e. The lowest BCUT2D eigenvalue weighted by molar-refractivity contribution is 0.248. The maximum absolute atomic E-state index is 12.5. The second kappa shape index (κ2) is 12.3. The molecule has 0 radical (unpaired) electrons. The molecular weight excluding hydrogens is 426 g/mol. The molecule has 2 N–H and O–H groups in total. The number of benzene rings is 1. The third-order valence-electron chi connectivity index (χ3n) is 5.29. The summed E-state index contributed by atoms with van der Waals surface area (Å²) in [5.41, 5.74) is 3.46. The van der Waals surface area contributed by atoms with Crippen LogP contribution in [-0.2, 0) is 6.42 Å². The van der Waals surface area contributed by atoms with Gasteiger partial charge in [-0.3, -0.25) is 5.32 Å². The van der Waals surface area contributed by atoms with E-state index in [0.717, 1.165) is 24.8 Å². The van der Waals surface area contributed by atoms with Crippen LogP contribution in [-0.4, -0.2) is 34.9 Å². The van der Waals surface area contributed by atoms with Gasteiger partial charge in [-0.1, -0.05) is 43.0 Å². The molecule has 2 heterocycles. The number of methoxy groups -OCH3 is 1. The SMILES string of the molecule is C=C/C(=N\c1nc(NC(=O)NC(C)CCCc2ccccc2)ccc1C)c1cccnc1OC. The zero-order valence-corrected chi connectivity index (χ0v) is 19.9. The lowest BCUT2D eigenvalue weighted by Gasteiger charge is -2.15. The van der Waals surface area contributed by atoms with Gasteiger partial charge in [0.1, 0.15) is 5.82 Å². The summed E-state index contributed by atoms with van der Waals surface area (Å²) in [5.74, 6) is 1.35. The van der Waals surface area contributed by atoms with Crippen LogP contribution < -0.4 is 15.4 Å². The molecule has 0 aliphatic heterocycles. The van der Waals surface area contributed by atoms with E-state index >= 15 is 0 Å². The summed E-state index contributed by atoms with van der Waals surface area (Å²) >= 11 is 0. The summed E-state index contributed by atoms with van der Waals surface area (Å²) in [7, 11) is 1.56. The van der Waals surface area contributed by atoms with Crippen molar-refractivity contribution in [2.24, 2.45) is 4.99 Å². The highest BCUT2D eigenvalue weighted by atomic mass is 16.5. The minimum absolute atomic E-state index is 0.0389. The Morgan fingerprint density at radius 3 is 2.71 bits per heavy atom. The van der Waals surface area contributed by atoms with Crippen molar-refractivity contribution in [1.29, 1.82) is 0 Å². The summed E-state index contributed by atoms with van der Waals surface area (Å²) in [5, 5.41) is 5.78. The maximum Gasteiger partial charge on any atom is 0.320 e. The van der Waals surface area contributed by atoms with Crippen molar-refractivity contribution in [3.05, 3.63) is 90.1 Å². The van der Waals surface area contributed by atoms with Crippen molar-refractivity contribution >= 4 is 23.4 Å². The zero-order valence-electron chi connectivity index (χ0n) is 19.9. The second-order valence-electron chi connectivity index (χ2n) is 7.98. The first kappa shape index (κ1) is 24.6. The number of rotatable bonds is 10. The van der Waals surface area contributed by atoms with Crippen LogP contribution in [0.5, 0.6) is 5.88 Å². The molecule has 1 aromatic carbocycles. The van der Waals surface area contributed by atoms with Gasteiger partial charge in [-0.05, 0) is 68.5 Å². The van der Waals surface area contributed by atoms with Crippen LogP contribution in [0.2, 0.25) is 0 Å². The van der Waals surface area contributed by atoms with E-state index in [4.69, 9.17) is 4.74 Å². The number of carbonyl (C=O) groups excluding carboxylic acids is 1. The van der Waals surface area contributed by atoms with Crippen molar-refractivity contribution in [3.8, 4) is 5.88 Å². The number of aliphatic imine (C=N–C) groups is 1. The third kappa shape index (κ3) is 7.00. The second-order valence-corrected chi connectivity index (χ2v) is 7.98. The molecule has 1 atom stereocenters. The van der Waals surface area contributed by atoms with Gasteiger partial charge >= 0.3 is 6.03 Å². The molecule has 3 aromatic rings. The minimum atomic E-state index is -0.295. The third-order valence-corrected chi connectivity index (χ3v) is 5.29. The van der Waals surface area contributed by atoms with Gasteiger partial charge in [-0.2, -0.15) is 0 Å². The van der Waals surface area contributed by atoms with Crippen LogP contribution in [0, 0.1) is 6.92 Å². The number of nitrogens with zero attached hydrogens (tertiary/aromatic N) is 3. The van der Waals surface area contributed by atoms with E-state index in [9.17, 15) is 4.79 Å². The number of pyridine rings is 2. The highest BCUT2D eigenvalue weighted by molar-refractivity contribution is 6.11. The number of carbonyl (C=O) groups is 1. The predicted octanol–water partition coefficient (Wildman–Crippen LogP) is 5.63. The summed E-state index contributed by atoms with van der Waals surface area (Å²) in [4.78, 5) is 25.9. The first-order chi connectivity index (χ1) is 16.5. The molecule has 0 bridgehead atoms. The van der Waals surface area contributed by atoms with Gasteiger partial charge in [-0.15, -0.1) is 0 Å². The van der Waals surface area contributed by atoms with Gasteiger partial charge in [0.15, 0.2) is 5.82 Å². The number of aromatic nitrogens is 2. The van der Waals surface area contributed by atoms with E-state index in [0.29, 0.717) is 28.8 Å². The van der Waals surface area contributed by atoms with Crippen LogP contribution in [0.1, 0.15) is 36.5 Å². The number of nitrogens with one attached hydrogen (secondary N) is 2. The molecule has 176 valence electrons. The highest BCUT2D eigenvalue weighted by Crippen LogP contribution is 2.22. The number of hydrogen-bond donors (Lipinski definition) is 2. The normalized spacial score (nSPS) is 12.0. The maximum atomic E-state index is 12.5. The average Bonchev–Trinajstić information content (AvgIpc) is 2.85. The number of ether oxygens (including phenoxy) is 1. The van der Waals surface area contributed by atoms with Crippen molar-refractivity contribution in [1.82, 2.24) is 15.3 Å². The predicted molar refractivity (Wildman–Crippen MR) is 137 cm³/mol. The topological polar surface area (TPSA) is 88.5 Å². The van der Waals surface area contributed by atoms with E-state index in [1.807, 2.05) is 44.2 Å². The van der Waals surface area contributed by atoms with Crippen molar-refractivity contribution in [2.45, 2.75) is 39.2 Å². The van der Waals surface area contributed by atoms with E-state index in [2.05, 4.69) is 44.3 Å². The van der Waals surface area contributed by atoms with E-state index in [1.165, 1.54) is 5.56 Å². The molecule has 34 heavy (non-hydrogen) atoms. The molecule has 7 nitrogen and oxygen atoms in total. The molecular formula is C27H31N5O2. The first-order valence-corrected chi connectivity index (χ1v) is 11.3. The molecule has 0 aliphatic rings. The standard InChI is InChI=1S/C27H31N5O2/c1-5-23(22-15-10-18-28-26(22)34-4)30-25-19(2)16-17-24(31-25)32-27(33)29-20(3)11-9-14-21-12-7-6-8-13-21/h5-8,10,12-13,15-18,20H,1,9,11,14H2,2-4H3,(H2,29,31,32,33)/b30-23+. The average molecular weight is 458 g/mol. The Morgan fingerprint density at radius 1 is 1.18 bits per heavy atom. The molecule has 0 saturated heterocycles. The Labute approximate surface area is 201 Å². The van der Waals surface area contributed by atoms with Gasteiger partial charge < -0.3 is 10.1 Å². The Kier molecular flexibility index (Phi) is 8.91. The van der Waals surface area contributed by atoms with E-state index < -0.39 is 0 Å². The molecule has 2 amide bonds. The summed E-state index contributed by atoms with van der Waals surface area (Å²) < 4.78 is 5.34. The Hall–Kier alpha value is -4.00. The summed E-state index contributed by atoms with van der Waals surface area (Å²) in [6.45, 7) is 7.77. The van der Waals surface area contributed by atoms with Gasteiger partial charge in [-0.25, -0.2) is 19.8 Å². The zero-order chi connectivity index (χ0) is 24.3. The van der Waals surface area contributed by atoms with Crippen molar-refractivity contribution < 1.29 is 9.53 Å². The summed E-state index contributed by atoms with van der Waals surface area (Å²) in [6, 6.07) is 17.4. The molecule has 0 spiro atoms. The van der Waals surface area contributed by atoms with Gasteiger partial charge in [0.25, 0.3) is 0 Å². The lowest BCUT2D eigenvalue weighted by Crippen LogP contribution is -2.36. The molecule has 2 aromatic heterocycles. The van der Waals surface area contributed by atoms with Gasteiger partial charge in [0.05, 0.1) is 18.4 Å². The van der Waals surface area contributed by atoms with Gasteiger partial charge in [0.2, 0.25) is 5.88 Å². The number of anilines is 1. The Balaban J connectivity index is 1.63. The largest absolute Gasteiger partial charge is 0.481 e. The van der Waals surface area contributed by atoms with Crippen LogP contribution in [0.15, 0.2) is 78.4 Å². The van der Waals surface area contributed by atoms with Crippen molar-refractivity contribution in [3.63, 3.8) is 0 Å². The molecule has 0 saturated carbocycles. The fourth-order valence-corrected chi connectivity index (χ4v) is 3.48. The Morgan fingerprint density at radius 2 is 1.97 bits per heavy atom. The van der Waals surface area contributed by atoms with Gasteiger partial charge in [0, 0.05) is 12.2 Å². The molecule has 3 rings (SSSR count). The number of allylic oxidation sites excluding steroid dienone is 1. The lowest BCUT2D eigenvalue weighted by atomic mass is 10.1. The van der Waals surface area contributed by atoms with Crippen LogP contribution in [0.25, 0.3) is 0 Å². The number of amides is 2. The van der Waals surface area contributed by atoms with Crippen molar-refractivity contribution in [2.75, 3.05) is 12.4 Å². The molecule has 1 unspecified atom stereocenters. The quantitative estimate of drug-likeness (QED) is 0.386. The molecule has 7 heteroatoms. The number of urea groups is 1. The fraction of sp³-hybridized carbons (Fsp3) is 0.259. The first-order valence-electron chi connectivity index (χ1n) is 11.3. The highest BCUT2D eigenvalue weighted by Gasteiger charge is 2.12. The number of aryl methyl sites for hydroxylation is 2.